The molecule has 5 aliphatic rings. The summed E-state index contributed by atoms with van der Waals surface area (Å²) < 4.78 is 5.37. The summed E-state index contributed by atoms with van der Waals surface area (Å²) in [6.45, 7) is 1.47. The molecule has 1 saturated heterocycles. The second kappa shape index (κ2) is 4.81. The molecule has 1 aliphatic heterocycles. The van der Waals surface area contributed by atoms with E-state index in [9.17, 15) is 14.4 Å². The Hall–Kier alpha value is -2.43. The average molecular weight is 337 g/mol. The van der Waals surface area contributed by atoms with Crippen LogP contribution in [0.15, 0.2) is 30.4 Å². The molecule has 2 amide bonds. The van der Waals surface area contributed by atoms with E-state index < -0.39 is 0 Å². The maximum Gasteiger partial charge on any atom is 0.238 e. The van der Waals surface area contributed by atoms with Gasteiger partial charge < -0.3 is 4.74 Å². The predicted octanol–water partition coefficient (Wildman–Crippen LogP) is 2.46. The van der Waals surface area contributed by atoms with E-state index in [0.717, 1.165) is 6.42 Å². The smallest absolute Gasteiger partial charge is 0.238 e. The summed E-state index contributed by atoms with van der Waals surface area (Å²) in [6, 6.07) is 4.91. The highest BCUT2D eigenvalue weighted by Crippen LogP contribution is 2.65. The van der Waals surface area contributed by atoms with E-state index in [-0.39, 0.29) is 41.3 Å². The highest BCUT2D eigenvalue weighted by Gasteiger charge is 2.67. The fourth-order valence-corrected chi connectivity index (χ4v) is 5.28. The minimum Gasteiger partial charge on any atom is -0.495 e. The van der Waals surface area contributed by atoms with Gasteiger partial charge in [-0.3, -0.25) is 14.4 Å². The highest BCUT2D eigenvalue weighted by molar-refractivity contribution is 6.23. The van der Waals surface area contributed by atoms with Crippen molar-refractivity contribution >= 4 is 23.3 Å². The number of Topliss-reactive ketones (excluding diaryl/α,β-unsaturated/α-hetero) is 1. The number of hydrogen-bond donors (Lipinski definition) is 0. The first-order valence-corrected chi connectivity index (χ1v) is 8.78. The standard InChI is InChI=1S/C20H19NO4/c1-9(22)10-3-6-16(25-2)15(7-10)21-19(23)17-11-4-5-12(14-8-13(11)14)18(17)20(21)24/h3-7,11-14,17-18H,8H2,1-2H3/t11-,12-,13-,14+,17+,18+/m0/s1. The van der Waals surface area contributed by atoms with Crippen molar-refractivity contribution in [2.75, 3.05) is 12.0 Å². The molecular formula is C20H19NO4. The topological polar surface area (TPSA) is 63.7 Å². The number of benzene rings is 1. The van der Waals surface area contributed by atoms with E-state index in [1.54, 1.807) is 18.2 Å². The third kappa shape index (κ3) is 1.81. The largest absolute Gasteiger partial charge is 0.495 e. The van der Waals surface area contributed by atoms with Gasteiger partial charge in [0.05, 0.1) is 24.6 Å². The van der Waals surface area contributed by atoms with Gasteiger partial charge in [0.2, 0.25) is 11.8 Å². The van der Waals surface area contributed by atoms with Crippen LogP contribution in [-0.4, -0.2) is 24.7 Å². The van der Waals surface area contributed by atoms with Crippen molar-refractivity contribution in [1.82, 2.24) is 0 Å². The number of ketones is 1. The minimum absolute atomic E-state index is 0.108. The fourth-order valence-electron chi connectivity index (χ4n) is 5.28. The number of rotatable bonds is 3. The van der Waals surface area contributed by atoms with Crippen LogP contribution in [0.3, 0.4) is 0 Å². The van der Waals surface area contributed by atoms with Crippen molar-refractivity contribution in [2.45, 2.75) is 13.3 Å². The first kappa shape index (κ1) is 14.9. The van der Waals surface area contributed by atoms with Crippen LogP contribution in [0.2, 0.25) is 0 Å². The number of hydrogen-bond acceptors (Lipinski definition) is 4. The van der Waals surface area contributed by atoms with Gasteiger partial charge in [0.15, 0.2) is 5.78 Å². The van der Waals surface area contributed by atoms with Crippen LogP contribution in [-0.2, 0) is 9.59 Å². The molecule has 5 nitrogen and oxygen atoms in total. The Morgan fingerprint density at radius 3 is 2.20 bits per heavy atom. The Balaban J connectivity index is 1.60. The molecule has 0 aromatic heterocycles. The maximum absolute atomic E-state index is 13.2. The lowest BCUT2D eigenvalue weighted by molar-refractivity contribution is -0.124. The van der Waals surface area contributed by atoms with Gasteiger partial charge in [0.1, 0.15) is 5.75 Å². The quantitative estimate of drug-likeness (QED) is 0.483. The first-order chi connectivity index (χ1) is 12.0. The van der Waals surface area contributed by atoms with Crippen molar-refractivity contribution in [2.24, 2.45) is 35.5 Å². The monoisotopic (exact) mass is 337 g/mol. The molecule has 0 unspecified atom stereocenters. The Morgan fingerprint density at radius 1 is 1.08 bits per heavy atom. The summed E-state index contributed by atoms with van der Waals surface area (Å²) in [5.74, 6) is 1.05. The molecule has 4 aliphatic carbocycles. The number of imide groups is 1. The lowest BCUT2D eigenvalue weighted by Crippen LogP contribution is -2.40. The van der Waals surface area contributed by atoms with Gasteiger partial charge in [0.25, 0.3) is 0 Å². The number of carbonyl (C=O) groups is 3. The molecule has 6 atom stereocenters. The molecule has 5 heteroatoms. The molecule has 2 saturated carbocycles. The normalized spacial score (nSPS) is 37.1. The third-order valence-electron chi connectivity index (χ3n) is 6.49. The molecule has 1 aromatic carbocycles. The zero-order valence-electron chi connectivity index (χ0n) is 14.1. The summed E-state index contributed by atoms with van der Waals surface area (Å²) in [6.07, 6.45) is 5.44. The molecule has 3 fully saturated rings. The molecule has 2 bridgehead atoms. The van der Waals surface area contributed by atoms with E-state index in [0.29, 0.717) is 28.8 Å². The zero-order chi connectivity index (χ0) is 17.5. The number of ether oxygens (including phenoxy) is 1. The van der Waals surface area contributed by atoms with Gasteiger partial charge in [-0.1, -0.05) is 12.2 Å². The summed E-state index contributed by atoms with van der Waals surface area (Å²) >= 11 is 0. The Bertz CT molecular complexity index is 821. The van der Waals surface area contributed by atoms with Crippen molar-refractivity contribution in [3.63, 3.8) is 0 Å². The molecule has 25 heavy (non-hydrogen) atoms. The van der Waals surface area contributed by atoms with Gasteiger partial charge in [-0.15, -0.1) is 0 Å². The molecule has 128 valence electrons. The summed E-state index contributed by atoms with van der Waals surface area (Å²) in [5.41, 5.74) is 0.864. The zero-order valence-corrected chi connectivity index (χ0v) is 14.1. The van der Waals surface area contributed by atoms with Crippen LogP contribution in [0.25, 0.3) is 0 Å². The fraction of sp³-hybridized carbons (Fsp3) is 0.450. The van der Waals surface area contributed by atoms with Crippen molar-refractivity contribution in [3.8, 4) is 5.75 Å². The molecule has 0 N–H and O–H groups in total. The Labute approximate surface area is 145 Å². The van der Waals surface area contributed by atoms with E-state index >= 15 is 0 Å². The predicted molar refractivity (Wildman–Crippen MR) is 90.2 cm³/mol. The Morgan fingerprint density at radius 2 is 1.68 bits per heavy atom. The van der Waals surface area contributed by atoms with Gasteiger partial charge in [-0.2, -0.15) is 0 Å². The molecule has 0 spiro atoms. The number of anilines is 1. The molecule has 1 heterocycles. The van der Waals surface area contributed by atoms with Crippen LogP contribution in [0.5, 0.6) is 5.75 Å². The van der Waals surface area contributed by atoms with Gasteiger partial charge in [0, 0.05) is 5.56 Å². The summed E-state index contributed by atoms with van der Waals surface area (Å²) in [7, 11) is 1.50. The van der Waals surface area contributed by atoms with Crippen molar-refractivity contribution in [1.29, 1.82) is 0 Å². The Kier molecular flexibility index (Phi) is 2.86. The van der Waals surface area contributed by atoms with Crippen LogP contribution in [0.4, 0.5) is 5.69 Å². The molecular weight excluding hydrogens is 318 g/mol. The van der Waals surface area contributed by atoms with Crippen molar-refractivity contribution < 1.29 is 19.1 Å². The van der Waals surface area contributed by atoms with Crippen LogP contribution < -0.4 is 9.64 Å². The van der Waals surface area contributed by atoms with E-state index in [1.807, 2.05) is 0 Å². The molecule has 1 aromatic rings. The molecule has 0 radical (unpaired) electrons. The lowest BCUT2D eigenvalue weighted by atomic mass is 9.63. The number of allylic oxidation sites excluding steroid dienone is 2. The van der Waals surface area contributed by atoms with E-state index in [1.165, 1.54) is 18.9 Å². The summed E-state index contributed by atoms with van der Waals surface area (Å²) in [4.78, 5) is 39.4. The third-order valence-corrected chi connectivity index (χ3v) is 6.49. The van der Waals surface area contributed by atoms with Crippen LogP contribution in [0, 0.1) is 35.5 Å². The van der Waals surface area contributed by atoms with Gasteiger partial charge in [-0.05, 0) is 55.2 Å². The lowest BCUT2D eigenvalue weighted by Gasteiger charge is -2.37. The molecule has 6 rings (SSSR count). The van der Waals surface area contributed by atoms with E-state index in [2.05, 4.69) is 12.2 Å². The van der Waals surface area contributed by atoms with E-state index in [4.69, 9.17) is 4.74 Å². The second-order valence-corrected chi connectivity index (χ2v) is 7.61. The number of carbonyl (C=O) groups excluding carboxylic acids is 3. The maximum atomic E-state index is 13.2. The van der Waals surface area contributed by atoms with Crippen LogP contribution in [0.1, 0.15) is 23.7 Å². The number of amides is 2. The van der Waals surface area contributed by atoms with Gasteiger partial charge in [-0.25, -0.2) is 4.90 Å². The minimum atomic E-state index is -0.253. The first-order valence-electron chi connectivity index (χ1n) is 8.78. The number of methoxy groups -OCH3 is 1. The average Bonchev–Trinajstić information content (AvgIpc) is 3.39. The summed E-state index contributed by atoms with van der Waals surface area (Å²) in [5, 5.41) is 0. The van der Waals surface area contributed by atoms with Gasteiger partial charge >= 0.3 is 0 Å². The highest BCUT2D eigenvalue weighted by atomic mass is 16.5. The van der Waals surface area contributed by atoms with Crippen LogP contribution >= 0.6 is 0 Å². The second-order valence-electron chi connectivity index (χ2n) is 7.61. The van der Waals surface area contributed by atoms with Crippen molar-refractivity contribution in [3.05, 3.63) is 35.9 Å². The SMILES string of the molecule is COc1ccc(C(C)=O)cc1N1C(=O)[C@@H]2[C@H]3C=C[C@@H]([C@@H]4C[C@H]34)[C@H]2C1=O. The number of nitrogens with zero attached hydrogens (tertiary/aromatic N) is 1.